The van der Waals surface area contributed by atoms with Crippen LogP contribution in [0.25, 0.3) is 0 Å². The van der Waals surface area contributed by atoms with Gasteiger partial charge in [0.1, 0.15) is 0 Å². The Bertz CT molecular complexity index is 375. The molecule has 0 radical (unpaired) electrons. The molecule has 0 aromatic rings. The zero-order valence-electron chi connectivity index (χ0n) is 12.0. The van der Waals surface area contributed by atoms with Gasteiger partial charge in [-0.3, -0.25) is 9.69 Å². The summed E-state index contributed by atoms with van der Waals surface area (Å²) in [7, 11) is 1.69. The Balaban J connectivity index is 1.63. The minimum atomic E-state index is -1.56. The molecule has 5 nitrogen and oxygen atoms in total. The third-order valence-corrected chi connectivity index (χ3v) is 4.64. The van der Waals surface area contributed by atoms with Crippen LogP contribution in [0.2, 0.25) is 0 Å². The molecule has 2 heterocycles. The summed E-state index contributed by atoms with van der Waals surface area (Å²) in [6.45, 7) is 4.29. The molecule has 20 heavy (non-hydrogen) atoms. The number of carbonyl (C=O) groups excluding carboxylic acids is 1. The maximum absolute atomic E-state index is 13.9. The van der Waals surface area contributed by atoms with Crippen molar-refractivity contribution in [2.75, 3.05) is 46.5 Å². The second kappa shape index (κ2) is 5.58. The minimum Gasteiger partial charge on any atom is -0.383 e. The Morgan fingerprint density at radius 3 is 2.95 bits per heavy atom. The van der Waals surface area contributed by atoms with Gasteiger partial charge in [0, 0.05) is 33.3 Å². The number of carbonyl (C=O) groups is 1. The highest BCUT2D eigenvalue weighted by Crippen LogP contribution is 2.42. The van der Waals surface area contributed by atoms with E-state index in [9.17, 15) is 9.18 Å². The number of halogens is 1. The monoisotopic (exact) mass is 286 g/mol. The molecule has 3 rings (SSSR count). The van der Waals surface area contributed by atoms with Gasteiger partial charge >= 0.3 is 0 Å². The SMILES string of the molecule is COCCN1CCO[C@H]2CCN(C(=O)C3(F)CC3)C[C@@H]21. The van der Waals surface area contributed by atoms with Crippen LogP contribution in [-0.4, -0.2) is 80.0 Å². The first kappa shape index (κ1) is 14.2. The van der Waals surface area contributed by atoms with E-state index in [1.807, 2.05) is 0 Å². The van der Waals surface area contributed by atoms with E-state index in [2.05, 4.69) is 4.90 Å². The molecule has 1 amide bonds. The number of likely N-dealkylation sites (tertiary alicyclic amines) is 1. The summed E-state index contributed by atoms with van der Waals surface area (Å²) in [6, 6.07) is 0.180. The lowest BCUT2D eigenvalue weighted by Gasteiger charge is -2.47. The summed E-state index contributed by atoms with van der Waals surface area (Å²) in [5.41, 5.74) is -1.56. The van der Waals surface area contributed by atoms with E-state index in [0.717, 1.165) is 26.1 Å². The predicted octanol–water partition coefficient (Wildman–Crippen LogP) is 0.437. The molecule has 0 aromatic heterocycles. The molecule has 0 unspecified atom stereocenters. The number of hydrogen-bond donors (Lipinski definition) is 0. The van der Waals surface area contributed by atoms with Crippen molar-refractivity contribution in [1.82, 2.24) is 9.80 Å². The molecule has 3 aliphatic rings. The summed E-state index contributed by atoms with van der Waals surface area (Å²) < 4.78 is 24.9. The number of alkyl halides is 1. The maximum atomic E-state index is 13.9. The van der Waals surface area contributed by atoms with Crippen molar-refractivity contribution < 1.29 is 18.7 Å². The molecule has 6 heteroatoms. The van der Waals surface area contributed by atoms with E-state index in [0.29, 0.717) is 32.5 Å². The quantitative estimate of drug-likeness (QED) is 0.752. The van der Waals surface area contributed by atoms with Crippen LogP contribution in [0, 0.1) is 0 Å². The third kappa shape index (κ3) is 2.69. The second-order valence-electron chi connectivity index (χ2n) is 6.01. The van der Waals surface area contributed by atoms with Gasteiger partial charge in [0.25, 0.3) is 5.91 Å². The van der Waals surface area contributed by atoms with E-state index in [-0.39, 0.29) is 18.1 Å². The van der Waals surface area contributed by atoms with Crippen LogP contribution in [0.5, 0.6) is 0 Å². The average Bonchev–Trinajstić information content (AvgIpc) is 3.23. The second-order valence-corrected chi connectivity index (χ2v) is 6.01. The van der Waals surface area contributed by atoms with E-state index in [1.54, 1.807) is 12.0 Å². The molecule has 1 saturated carbocycles. The molecule has 2 saturated heterocycles. The third-order valence-electron chi connectivity index (χ3n) is 4.64. The Hall–Kier alpha value is -0.720. The van der Waals surface area contributed by atoms with Gasteiger partial charge in [0.2, 0.25) is 0 Å². The number of hydrogen-bond acceptors (Lipinski definition) is 4. The molecule has 114 valence electrons. The number of fused-ring (bicyclic) bond motifs is 1. The molecular formula is C14H23FN2O3. The Morgan fingerprint density at radius 1 is 1.45 bits per heavy atom. The fraction of sp³-hybridized carbons (Fsp3) is 0.929. The van der Waals surface area contributed by atoms with Gasteiger partial charge in [0.15, 0.2) is 5.67 Å². The van der Waals surface area contributed by atoms with Gasteiger partial charge in [-0.2, -0.15) is 0 Å². The summed E-state index contributed by atoms with van der Waals surface area (Å²) in [5, 5.41) is 0. The topological polar surface area (TPSA) is 42.0 Å². The first-order valence-corrected chi connectivity index (χ1v) is 7.47. The Morgan fingerprint density at radius 2 is 2.25 bits per heavy atom. The first-order valence-electron chi connectivity index (χ1n) is 7.47. The molecule has 0 bridgehead atoms. The minimum absolute atomic E-state index is 0.166. The van der Waals surface area contributed by atoms with Crippen LogP contribution in [0.4, 0.5) is 4.39 Å². The van der Waals surface area contributed by atoms with Gasteiger partial charge in [-0.25, -0.2) is 4.39 Å². The van der Waals surface area contributed by atoms with E-state index < -0.39 is 5.67 Å². The highest BCUT2D eigenvalue weighted by Gasteiger charge is 2.54. The van der Waals surface area contributed by atoms with Crippen molar-refractivity contribution in [3.8, 4) is 0 Å². The lowest BCUT2D eigenvalue weighted by molar-refractivity contribution is -0.149. The normalized spacial score (nSPS) is 32.8. The van der Waals surface area contributed by atoms with Crippen molar-refractivity contribution >= 4 is 5.91 Å². The summed E-state index contributed by atoms with van der Waals surface area (Å²) in [6.07, 6.45) is 1.75. The number of amides is 1. The largest absolute Gasteiger partial charge is 0.383 e. The molecule has 2 aliphatic heterocycles. The number of morpholine rings is 1. The zero-order valence-corrected chi connectivity index (χ0v) is 12.0. The van der Waals surface area contributed by atoms with Gasteiger partial charge < -0.3 is 14.4 Å². The number of methoxy groups -OCH3 is 1. The van der Waals surface area contributed by atoms with Crippen LogP contribution in [0.3, 0.4) is 0 Å². The van der Waals surface area contributed by atoms with Crippen LogP contribution < -0.4 is 0 Å². The standard InChI is InChI=1S/C14H23FN2O3/c1-19-8-6-16-7-9-20-12-2-5-17(10-11(12)16)13(18)14(15)3-4-14/h11-12H,2-10H2,1H3/t11-,12-/m0/s1. The summed E-state index contributed by atoms with van der Waals surface area (Å²) in [4.78, 5) is 16.2. The van der Waals surface area contributed by atoms with Gasteiger partial charge in [-0.15, -0.1) is 0 Å². The molecule has 3 fully saturated rings. The Kier molecular flexibility index (Phi) is 3.97. The fourth-order valence-electron chi connectivity index (χ4n) is 3.22. The van der Waals surface area contributed by atoms with E-state index in [4.69, 9.17) is 9.47 Å². The molecule has 0 N–H and O–H groups in total. The number of piperidine rings is 1. The van der Waals surface area contributed by atoms with E-state index >= 15 is 0 Å². The zero-order chi connectivity index (χ0) is 14.2. The van der Waals surface area contributed by atoms with Crippen LogP contribution in [0.15, 0.2) is 0 Å². The van der Waals surface area contributed by atoms with Crippen molar-refractivity contribution in [3.63, 3.8) is 0 Å². The highest BCUT2D eigenvalue weighted by molar-refractivity contribution is 5.88. The first-order chi connectivity index (χ1) is 9.64. The predicted molar refractivity (Wildman–Crippen MR) is 71.2 cm³/mol. The smallest absolute Gasteiger partial charge is 0.260 e. The van der Waals surface area contributed by atoms with Crippen LogP contribution >= 0.6 is 0 Å². The highest BCUT2D eigenvalue weighted by atomic mass is 19.1. The average molecular weight is 286 g/mol. The lowest BCUT2D eigenvalue weighted by Crippen LogP contribution is -2.62. The molecule has 0 spiro atoms. The number of ether oxygens (including phenoxy) is 2. The Labute approximate surface area is 119 Å². The van der Waals surface area contributed by atoms with Crippen molar-refractivity contribution in [2.45, 2.75) is 37.1 Å². The summed E-state index contributed by atoms with van der Waals surface area (Å²) >= 11 is 0. The van der Waals surface area contributed by atoms with Crippen molar-refractivity contribution in [1.29, 1.82) is 0 Å². The molecule has 0 aromatic carbocycles. The molecule has 1 aliphatic carbocycles. The van der Waals surface area contributed by atoms with E-state index in [1.165, 1.54) is 0 Å². The molecular weight excluding hydrogens is 263 g/mol. The van der Waals surface area contributed by atoms with Gasteiger partial charge in [0.05, 0.1) is 25.4 Å². The number of rotatable bonds is 4. The van der Waals surface area contributed by atoms with Gasteiger partial charge in [-0.05, 0) is 19.3 Å². The van der Waals surface area contributed by atoms with Gasteiger partial charge in [-0.1, -0.05) is 0 Å². The van der Waals surface area contributed by atoms with Crippen LogP contribution in [0.1, 0.15) is 19.3 Å². The fourth-order valence-corrected chi connectivity index (χ4v) is 3.22. The molecule has 2 atom stereocenters. The van der Waals surface area contributed by atoms with Crippen molar-refractivity contribution in [3.05, 3.63) is 0 Å². The summed E-state index contributed by atoms with van der Waals surface area (Å²) in [5.74, 6) is -0.312. The lowest BCUT2D eigenvalue weighted by atomic mass is 9.98. The van der Waals surface area contributed by atoms with Crippen LogP contribution in [-0.2, 0) is 14.3 Å². The van der Waals surface area contributed by atoms with Crippen molar-refractivity contribution in [2.24, 2.45) is 0 Å². The maximum Gasteiger partial charge on any atom is 0.260 e. The number of nitrogens with zero attached hydrogens (tertiary/aromatic N) is 2.